The molecule has 4 nitrogen and oxygen atoms in total. The number of benzene rings is 2. The SMILES string of the molecule is Clc1ccc(-c2csc(N/N=C3/CCOc4ccccc43)n2)cc1Cl. The molecule has 2 heterocycles. The lowest BCUT2D eigenvalue weighted by atomic mass is 10.0. The number of thiazole rings is 1. The maximum absolute atomic E-state index is 6.08. The maximum Gasteiger partial charge on any atom is 0.203 e. The molecule has 0 saturated carbocycles. The molecule has 3 aromatic rings. The summed E-state index contributed by atoms with van der Waals surface area (Å²) >= 11 is 13.5. The van der Waals surface area contributed by atoms with Gasteiger partial charge in [-0.25, -0.2) is 4.98 Å². The minimum Gasteiger partial charge on any atom is -0.492 e. The average Bonchev–Trinajstić information content (AvgIpc) is 3.11. The van der Waals surface area contributed by atoms with E-state index in [9.17, 15) is 0 Å². The molecule has 0 fully saturated rings. The van der Waals surface area contributed by atoms with Crippen LogP contribution in [-0.2, 0) is 0 Å². The van der Waals surface area contributed by atoms with E-state index in [1.54, 1.807) is 6.07 Å². The highest BCUT2D eigenvalue weighted by Gasteiger charge is 2.16. The number of aromatic nitrogens is 1. The standard InChI is InChI=1S/C18H13Cl2N3OS/c19-13-6-5-11(9-14(13)20)16-10-25-18(21-16)23-22-15-7-8-24-17-4-2-1-3-12(15)17/h1-6,9-10H,7-8H2,(H,21,23)/b22-15-. The van der Waals surface area contributed by atoms with Crippen LogP contribution < -0.4 is 10.2 Å². The molecule has 0 amide bonds. The first-order valence-corrected chi connectivity index (χ1v) is 9.30. The number of hydrogen-bond donors (Lipinski definition) is 1. The van der Waals surface area contributed by atoms with Crippen molar-refractivity contribution in [3.05, 3.63) is 63.5 Å². The zero-order valence-corrected chi connectivity index (χ0v) is 15.3. The van der Waals surface area contributed by atoms with E-state index in [0.29, 0.717) is 16.7 Å². The molecule has 1 aliphatic heterocycles. The Kier molecular flexibility index (Phi) is 4.61. The highest BCUT2D eigenvalue weighted by Crippen LogP contribution is 2.31. The fourth-order valence-corrected chi connectivity index (χ4v) is 3.53. The topological polar surface area (TPSA) is 46.5 Å². The van der Waals surface area contributed by atoms with Gasteiger partial charge in [0.25, 0.3) is 0 Å². The quantitative estimate of drug-likeness (QED) is 0.582. The van der Waals surface area contributed by atoms with Crippen molar-refractivity contribution in [2.75, 3.05) is 12.0 Å². The summed E-state index contributed by atoms with van der Waals surface area (Å²) in [5, 5.41) is 8.24. The van der Waals surface area contributed by atoms with Crippen LogP contribution >= 0.6 is 34.5 Å². The molecular weight excluding hydrogens is 377 g/mol. The third-order valence-electron chi connectivity index (χ3n) is 3.80. The van der Waals surface area contributed by atoms with Crippen LogP contribution in [0.3, 0.4) is 0 Å². The number of fused-ring (bicyclic) bond motifs is 1. The first-order valence-electron chi connectivity index (χ1n) is 7.66. The van der Waals surface area contributed by atoms with Crippen LogP contribution in [0.5, 0.6) is 5.75 Å². The molecule has 0 spiro atoms. The normalized spacial score (nSPS) is 14.9. The van der Waals surface area contributed by atoms with E-state index < -0.39 is 0 Å². The number of anilines is 1. The Morgan fingerprint density at radius 3 is 2.88 bits per heavy atom. The molecule has 0 saturated heterocycles. The average molecular weight is 390 g/mol. The molecular formula is C18H13Cl2N3OS. The Balaban J connectivity index is 1.55. The van der Waals surface area contributed by atoms with Gasteiger partial charge in [0.15, 0.2) is 0 Å². The van der Waals surface area contributed by atoms with Crippen molar-refractivity contribution in [2.24, 2.45) is 5.10 Å². The summed E-state index contributed by atoms with van der Waals surface area (Å²) in [5.74, 6) is 0.866. The second-order valence-electron chi connectivity index (χ2n) is 5.43. The van der Waals surface area contributed by atoms with Crippen molar-refractivity contribution in [1.29, 1.82) is 0 Å². The second kappa shape index (κ2) is 7.04. The lowest BCUT2D eigenvalue weighted by Gasteiger charge is -2.18. The minimum absolute atomic E-state index is 0.515. The molecule has 1 N–H and O–H groups in total. The number of hydrogen-bond acceptors (Lipinski definition) is 5. The Hall–Kier alpha value is -2.08. The smallest absolute Gasteiger partial charge is 0.203 e. The molecule has 0 atom stereocenters. The lowest BCUT2D eigenvalue weighted by molar-refractivity contribution is 0.320. The van der Waals surface area contributed by atoms with Gasteiger partial charge in [-0.15, -0.1) is 11.3 Å². The van der Waals surface area contributed by atoms with Gasteiger partial charge in [0.05, 0.1) is 28.1 Å². The maximum atomic E-state index is 6.08. The summed E-state index contributed by atoms with van der Waals surface area (Å²) in [4.78, 5) is 4.56. The summed E-state index contributed by atoms with van der Waals surface area (Å²) in [7, 11) is 0. The molecule has 0 aliphatic carbocycles. The Morgan fingerprint density at radius 1 is 1.12 bits per heavy atom. The third kappa shape index (κ3) is 3.49. The van der Waals surface area contributed by atoms with E-state index in [0.717, 1.165) is 39.8 Å². The Bertz CT molecular complexity index is 955. The van der Waals surface area contributed by atoms with E-state index >= 15 is 0 Å². The van der Waals surface area contributed by atoms with E-state index in [4.69, 9.17) is 27.9 Å². The first-order chi connectivity index (χ1) is 12.2. The van der Waals surface area contributed by atoms with Gasteiger partial charge in [-0.2, -0.15) is 5.10 Å². The van der Waals surface area contributed by atoms with Gasteiger partial charge in [0.1, 0.15) is 5.75 Å². The summed E-state index contributed by atoms with van der Waals surface area (Å²) in [6.07, 6.45) is 0.759. The van der Waals surface area contributed by atoms with Crippen LogP contribution in [0.25, 0.3) is 11.3 Å². The van der Waals surface area contributed by atoms with Crippen LogP contribution in [0.2, 0.25) is 10.0 Å². The van der Waals surface area contributed by atoms with Crippen molar-refractivity contribution in [3.8, 4) is 17.0 Å². The van der Waals surface area contributed by atoms with Crippen molar-refractivity contribution < 1.29 is 4.74 Å². The van der Waals surface area contributed by atoms with E-state index in [1.165, 1.54) is 11.3 Å². The molecule has 25 heavy (non-hydrogen) atoms. The predicted octanol–water partition coefficient (Wildman–Crippen LogP) is 5.72. The fraction of sp³-hybridized carbons (Fsp3) is 0.111. The highest BCUT2D eigenvalue weighted by molar-refractivity contribution is 7.14. The number of ether oxygens (including phenoxy) is 1. The van der Waals surface area contributed by atoms with Crippen LogP contribution in [-0.4, -0.2) is 17.3 Å². The summed E-state index contributed by atoms with van der Waals surface area (Å²) in [5.41, 5.74) is 6.79. The molecule has 1 aliphatic rings. The summed E-state index contributed by atoms with van der Waals surface area (Å²) in [6, 6.07) is 13.4. The minimum atomic E-state index is 0.515. The molecule has 4 rings (SSSR count). The molecule has 126 valence electrons. The van der Waals surface area contributed by atoms with Crippen molar-refractivity contribution >= 4 is 45.4 Å². The number of para-hydroxylation sites is 1. The molecule has 0 unspecified atom stereocenters. The largest absolute Gasteiger partial charge is 0.492 e. The zero-order valence-electron chi connectivity index (χ0n) is 13.0. The molecule has 0 radical (unpaired) electrons. The van der Waals surface area contributed by atoms with Crippen molar-refractivity contribution in [3.63, 3.8) is 0 Å². The number of halogens is 2. The summed E-state index contributed by atoms with van der Waals surface area (Å²) < 4.78 is 5.64. The summed E-state index contributed by atoms with van der Waals surface area (Å²) in [6.45, 7) is 0.629. The van der Waals surface area contributed by atoms with Crippen molar-refractivity contribution in [2.45, 2.75) is 6.42 Å². The van der Waals surface area contributed by atoms with Crippen LogP contribution in [0.1, 0.15) is 12.0 Å². The Morgan fingerprint density at radius 2 is 2.00 bits per heavy atom. The zero-order chi connectivity index (χ0) is 17.2. The van der Waals surface area contributed by atoms with Gasteiger partial charge in [-0.05, 0) is 24.3 Å². The molecule has 1 aromatic heterocycles. The van der Waals surface area contributed by atoms with Crippen molar-refractivity contribution in [1.82, 2.24) is 4.98 Å². The van der Waals surface area contributed by atoms with E-state index in [1.807, 2.05) is 41.8 Å². The monoisotopic (exact) mass is 389 g/mol. The number of rotatable bonds is 3. The molecule has 0 bridgehead atoms. The first kappa shape index (κ1) is 16.4. The van der Waals surface area contributed by atoms with Crippen LogP contribution in [0.4, 0.5) is 5.13 Å². The van der Waals surface area contributed by atoms with Gasteiger partial charge in [-0.3, -0.25) is 5.43 Å². The van der Waals surface area contributed by atoms with Crippen LogP contribution in [0.15, 0.2) is 52.9 Å². The lowest BCUT2D eigenvalue weighted by Crippen LogP contribution is -2.17. The van der Waals surface area contributed by atoms with E-state index in [2.05, 4.69) is 15.5 Å². The highest BCUT2D eigenvalue weighted by atomic mass is 35.5. The molecule has 2 aromatic carbocycles. The number of nitrogens with zero attached hydrogens (tertiary/aromatic N) is 2. The third-order valence-corrected chi connectivity index (χ3v) is 5.29. The fourth-order valence-electron chi connectivity index (χ4n) is 2.57. The van der Waals surface area contributed by atoms with E-state index in [-0.39, 0.29) is 0 Å². The second-order valence-corrected chi connectivity index (χ2v) is 7.10. The van der Waals surface area contributed by atoms with Gasteiger partial charge in [0.2, 0.25) is 5.13 Å². The van der Waals surface area contributed by atoms with Gasteiger partial charge >= 0.3 is 0 Å². The predicted molar refractivity (Wildman–Crippen MR) is 104 cm³/mol. The Labute approximate surface area is 159 Å². The number of hydrazone groups is 1. The van der Waals surface area contributed by atoms with Crippen LogP contribution in [0, 0.1) is 0 Å². The van der Waals surface area contributed by atoms with Gasteiger partial charge < -0.3 is 4.74 Å². The number of nitrogens with one attached hydrogen (secondary N) is 1. The van der Waals surface area contributed by atoms with Gasteiger partial charge in [-0.1, -0.05) is 41.4 Å². The molecule has 7 heteroatoms. The van der Waals surface area contributed by atoms with Gasteiger partial charge in [0, 0.05) is 22.9 Å².